The van der Waals surface area contributed by atoms with Crippen LogP contribution in [0.1, 0.15) is 32.3 Å². The van der Waals surface area contributed by atoms with Gasteiger partial charge >= 0.3 is 5.97 Å². The summed E-state index contributed by atoms with van der Waals surface area (Å²) in [6.45, 7) is 5.94. The Hall–Kier alpha value is -1.88. The topological polar surface area (TPSA) is 60.9 Å². The first kappa shape index (κ1) is 18.5. The van der Waals surface area contributed by atoms with E-state index in [-0.39, 0.29) is 17.9 Å². The summed E-state index contributed by atoms with van der Waals surface area (Å²) in [5, 5.41) is 9.51. The minimum atomic E-state index is -1.03. The maximum atomic E-state index is 13.0. The third kappa shape index (κ3) is 4.57. The second-order valence-electron chi connectivity index (χ2n) is 7.05. The van der Waals surface area contributed by atoms with Crippen LogP contribution in [0.3, 0.4) is 0 Å². The number of amides is 1. The summed E-state index contributed by atoms with van der Waals surface area (Å²) in [4.78, 5) is 28.7. The van der Waals surface area contributed by atoms with Crippen LogP contribution < -0.4 is 0 Å². The molecular weight excluding hydrogens is 304 g/mol. The van der Waals surface area contributed by atoms with Gasteiger partial charge in [0.05, 0.1) is 0 Å². The highest BCUT2D eigenvalue weighted by Crippen LogP contribution is 2.23. The summed E-state index contributed by atoms with van der Waals surface area (Å²) in [5.41, 5.74) is 1.04. The molecule has 0 bridgehead atoms. The van der Waals surface area contributed by atoms with E-state index in [1.165, 1.54) is 0 Å². The molecule has 2 rings (SSSR count). The molecule has 1 atom stereocenters. The Bertz CT molecular complexity index is 551. The Morgan fingerprint density at radius 1 is 1.21 bits per heavy atom. The number of hydrogen-bond acceptors (Lipinski definition) is 3. The van der Waals surface area contributed by atoms with Crippen LogP contribution in [-0.2, 0) is 16.1 Å². The second-order valence-corrected chi connectivity index (χ2v) is 7.05. The van der Waals surface area contributed by atoms with Crippen molar-refractivity contribution < 1.29 is 14.7 Å². The zero-order valence-electron chi connectivity index (χ0n) is 14.8. The van der Waals surface area contributed by atoms with Gasteiger partial charge < -0.3 is 14.9 Å². The minimum Gasteiger partial charge on any atom is -0.481 e. The number of hydrogen-bond donors (Lipinski definition) is 1. The summed E-state index contributed by atoms with van der Waals surface area (Å²) >= 11 is 0. The van der Waals surface area contributed by atoms with Crippen LogP contribution in [0.15, 0.2) is 30.3 Å². The van der Waals surface area contributed by atoms with E-state index >= 15 is 0 Å². The van der Waals surface area contributed by atoms with Crippen molar-refractivity contribution in [1.29, 1.82) is 0 Å². The largest absolute Gasteiger partial charge is 0.481 e. The lowest BCUT2D eigenvalue weighted by atomic mass is 9.92. The molecule has 0 spiro atoms. The van der Waals surface area contributed by atoms with E-state index in [9.17, 15) is 14.7 Å². The fraction of sp³-hybridized carbons (Fsp3) is 0.579. The first-order valence-electron chi connectivity index (χ1n) is 8.66. The number of carbonyl (C=O) groups is 2. The third-order valence-electron chi connectivity index (χ3n) is 4.81. The molecule has 0 saturated carbocycles. The van der Waals surface area contributed by atoms with Crippen molar-refractivity contribution >= 4 is 11.9 Å². The lowest BCUT2D eigenvalue weighted by Gasteiger charge is -2.39. The number of carboxylic acid groups (broad SMARTS) is 1. The molecule has 1 unspecified atom stereocenters. The monoisotopic (exact) mass is 332 g/mol. The molecule has 1 fully saturated rings. The number of aliphatic carboxylic acids is 1. The Labute approximate surface area is 144 Å². The first-order valence-corrected chi connectivity index (χ1v) is 8.66. The maximum absolute atomic E-state index is 13.0. The van der Waals surface area contributed by atoms with Crippen LogP contribution in [0.5, 0.6) is 0 Å². The standard InChI is InChI=1S/C19H28N2O3/c1-14(2)17(19(23)24)18(22)21(13-15-7-5-4-6-8-15)16-9-11-20(3)12-10-16/h4-8,14,16-17H,9-13H2,1-3H3,(H,23,24). The van der Waals surface area contributed by atoms with Crippen LogP contribution in [-0.4, -0.2) is 53.0 Å². The molecule has 1 aromatic carbocycles. The van der Waals surface area contributed by atoms with E-state index < -0.39 is 11.9 Å². The number of nitrogens with zero attached hydrogens (tertiary/aromatic N) is 2. The zero-order valence-corrected chi connectivity index (χ0v) is 14.8. The van der Waals surface area contributed by atoms with Gasteiger partial charge in [0.15, 0.2) is 0 Å². The fourth-order valence-corrected chi connectivity index (χ4v) is 3.33. The lowest BCUT2D eigenvalue weighted by Crippen LogP contribution is -2.50. The van der Waals surface area contributed by atoms with Crippen molar-refractivity contribution in [3.05, 3.63) is 35.9 Å². The summed E-state index contributed by atoms with van der Waals surface area (Å²) < 4.78 is 0. The van der Waals surface area contributed by atoms with Crippen molar-refractivity contribution in [3.8, 4) is 0 Å². The van der Waals surface area contributed by atoms with Crippen molar-refractivity contribution in [3.63, 3.8) is 0 Å². The highest BCUT2D eigenvalue weighted by molar-refractivity contribution is 5.97. The van der Waals surface area contributed by atoms with E-state index in [1.54, 1.807) is 18.7 Å². The molecule has 1 N–H and O–H groups in total. The summed E-state index contributed by atoms with van der Waals surface area (Å²) in [6, 6.07) is 9.92. The van der Waals surface area contributed by atoms with Gasteiger partial charge in [-0.25, -0.2) is 0 Å². The number of carboxylic acids is 1. The molecule has 1 aliphatic heterocycles. The van der Waals surface area contributed by atoms with Crippen molar-refractivity contribution in [1.82, 2.24) is 9.80 Å². The molecule has 1 saturated heterocycles. The van der Waals surface area contributed by atoms with Gasteiger partial charge in [0, 0.05) is 12.6 Å². The smallest absolute Gasteiger partial charge is 0.316 e. The predicted octanol–water partition coefficient (Wildman–Crippen LogP) is 2.47. The van der Waals surface area contributed by atoms with Crippen molar-refractivity contribution in [2.24, 2.45) is 11.8 Å². The van der Waals surface area contributed by atoms with Gasteiger partial charge in [-0.05, 0) is 44.5 Å². The highest BCUT2D eigenvalue weighted by atomic mass is 16.4. The van der Waals surface area contributed by atoms with E-state index in [4.69, 9.17) is 0 Å². The van der Waals surface area contributed by atoms with E-state index in [1.807, 2.05) is 30.3 Å². The van der Waals surface area contributed by atoms with Crippen LogP contribution in [0, 0.1) is 11.8 Å². The van der Waals surface area contributed by atoms with Gasteiger partial charge in [0.25, 0.3) is 0 Å². The molecule has 1 amide bonds. The zero-order chi connectivity index (χ0) is 17.7. The molecular formula is C19H28N2O3. The molecule has 132 valence electrons. The van der Waals surface area contributed by atoms with Crippen LogP contribution in [0.2, 0.25) is 0 Å². The number of carbonyl (C=O) groups excluding carboxylic acids is 1. The average molecular weight is 332 g/mol. The number of likely N-dealkylation sites (tertiary alicyclic amines) is 1. The number of benzene rings is 1. The average Bonchev–Trinajstić information content (AvgIpc) is 2.54. The Morgan fingerprint density at radius 3 is 2.29 bits per heavy atom. The van der Waals surface area contributed by atoms with Gasteiger partial charge in [-0.1, -0.05) is 44.2 Å². The highest BCUT2D eigenvalue weighted by Gasteiger charge is 2.37. The molecule has 1 aliphatic rings. The van der Waals surface area contributed by atoms with Crippen LogP contribution in [0.4, 0.5) is 0 Å². The van der Waals surface area contributed by atoms with Crippen LogP contribution >= 0.6 is 0 Å². The molecule has 0 aromatic heterocycles. The molecule has 5 nitrogen and oxygen atoms in total. The molecule has 1 heterocycles. The van der Waals surface area contributed by atoms with E-state index in [0.717, 1.165) is 31.5 Å². The van der Waals surface area contributed by atoms with Crippen molar-refractivity contribution in [2.45, 2.75) is 39.3 Å². The number of piperidine rings is 1. The van der Waals surface area contributed by atoms with Gasteiger partial charge in [-0.2, -0.15) is 0 Å². The third-order valence-corrected chi connectivity index (χ3v) is 4.81. The Balaban J connectivity index is 2.24. The lowest BCUT2D eigenvalue weighted by molar-refractivity contribution is -0.155. The minimum absolute atomic E-state index is 0.106. The first-order chi connectivity index (χ1) is 11.4. The van der Waals surface area contributed by atoms with Crippen molar-refractivity contribution in [2.75, 3.05) is 20.1 Å². The quantitative estimate of drug-likeness (QED) is 0.813. The normalized spacial score (nSPS) is 17.7. The van der Waals surface area contributed by atoms with E-state index in [0.29, 0.717) is 6.54 Å². The maximum Gasteiger partial charge on any atom is 0.316 e. The van der Waals surface area contributed by atoms with Gasteiger partial charge in [0.1, 0.15) is 5.92 Å². The van der Waals surface area contributed by atoms with E-state index in [2.05, 4.69) is 11.9 Å². The fourth-order valence-electron chi connectivity index (χ4n) is 3.33. The Morgan fingerprint density at radius 2 is 1.79 bits per heavy atom. The molecule has 5 heteroatoms. The summed E-state index contributed by atoms with van der Waals surface area (Å²) in [5.74, 6) is -2.48. The molecule has 0 aliphatic carbocycles. The Kier molecular flexibility index (Phi) is 6.37. The second kappa shape index (κ2) is 8.29. The van der Waals surface area contributed by atoms with Crippen LogP contribution in [0.25, 0.3) is 0 Å². The SMILES string of the molecule is CC(C)C(C(=O)O)C(=O)N(Cc1ccccc1)C1CCN(C)CC1. The number of rotatable bonds is 6. The molecule has 24 heavy (non-hydrogen) atoms. The molecule has 0 radical (unpaired) electrons. The van der Waals surface area contributed by atoms with Gasteiger partial charge in [0.2, 0.25) is 5.91 Å². The van der Waals surface area contributed by atoms with Gasteiger partial charge in [-0.3, -0.25) is 9.59 Å². The molecule has 1 aromatic rings. The summed E-state index contributed by atoms with van der Waals surface area (Å²) in [7, 11) is 2.08. The predicted molar refractivity (Wildman–Crippen MR) is 93.5 cm³/mol. The van der Waals surface area contributed by atoms with Gasteiger partial charge in [-0.15, -0.1) is 0 Å². The summed E-state index contributed by atoms with van der Waals surface area (Å²) in [6.07, 6.45) is 1.78.